The van der Waals surface area contributed by atoms with E-state index in [1.54, 1.807) is 18.4 Å². The van der Waals surface area contributed by atoms with Crippen molar-refractivity contribution in [3.05, 3.63) is 54.1 Å². The lowest BCUT2D eigenvalue weighted by Crippen LogP contribution is -2.49. The summed E-state index contributed by atoms with van der Waals surface area (Å²) in [6.07, 6.45) is 3.55. The van der Waals surface area contributed by atoms with Crippen molar-refractivity contribution in [2.24, 2.45) is 5.92 Å². The summed E-state index contributed by atoms with van der Waals surface area (Å²) in [5, 5.41) is 4.42. The summed E-state index contributed by atoms with van der Waals surface area (Å²) in [7, 11) is 1.66. The van der Waals surface area contributed by atoms with Crippen molar-refractivity contribution < 1.29 is 14.3 Å². The molecule has 0 spiro atoms. The van der Waals surface area contributed by atoms with Crippen LogP contribution < -0.4 is 15.0 Å². The maximum Gasteiger partial charge on any atom is 0.230 e. The lowest BCUT2D eigenvalue weighted by molar-refractivity contribution is -0.130. The number of benzene rings is 2. The molecule has 2 saturated heterocycles. The SMILES string of the molecule is COc1ccc(C2(C(=O)NCC3CCN(c4nc5ccccc5s4)CC3)CCOCC2)cc1. The minimum atomic E-state index is -0.522. The number of thiazole rings is 1. The molecule has 1 aromatic heterocycles. The van der Waals surface area contributed by atoms with Gasteiger partial charge < -0.3 is 19.7 Å². The number of aromatic nitrogens is 1. The normalized spacial score (nSPS) is 18.9. The molecule has 0 atom stereocenters. The van der Waals surface area contributed by atoms with Crippen molar-refractivity contribution in [2.45, 2.75) is 31.1 Å². The molecule has 174 valence electrons. The van der Waals surface area contributed by atoms with Crippen LogP contribution in [0.15, 0.2) is 48.5 Å². The van der Waals surface area contributed by atoms with E-state index in [2.05, 4.69) is 28.4 Å². The molecular weight excluding hydrogens is 434 g/mol. The molecule has 2 aliphatic heterocycles. The van der Waals surface area contributed by atoms with Crippen LogP contribution in [0.3, 0.4) is 0 Å². The average Bonchev–Trinajstić information content (AvgIpc) is 3.32. The number of nitrogens with zero attached hydrogens (tertiary/aromatic N) is 2. The molecule has 3 heterocycles. The Morgan fingerprint density at radius 1 is 1.15 bits per heavy atom. The lowest BCUT2D eigenvalue weighted by Gasteiger charge is -2.37. The molecule has 5 rings (SSSR count). The number of methoxy groups -OCH3 is 1. The topological polar surface area (TPSA) is 63.7 Å². The number of piperidine rings is 1. The van der Waals surface area contributed by atoms with E-state index >= 15 is 0 Å². The van der Waals surface area contributed by atoms with E-state index in [1.807, 2.05) is 30.3 Å². The summed E-state index contributed by atoms with van der Waals surface area (Å²) in [5.74, 6) is 1.43. The minimum Gasteiger partial charge on any atom is -0.497 e. The second kappa shape index (κ2) is 9.69. The molecule has 0 unspecified atom stereocenters. The number of ether oxygens (including phenoxy) is 2. The van der Waals surface area contributed by atoms with Crippen LogP contribution >= 0.6 is 11.3 Å². The first-order chi connectivity index (χ1) is 16.2. The van der Waals surface area contributed by atoms with Crippen molar-refractivity contribution in [2.75, 3.05) is 44.9 Å². The third kappa shape index (κ3) is 4.57. The maximum atomic E-state index is 13.5. The number of hydrogen-bond donors (Lipinski definition) is 1. The number of para-hydroxylation sites is 1. The van der Waals surface area contributed by atoms with Gasteiger partial charge in [-0.25, -0.2) is 4.98 Å². The van der Waals surface area contributed by atoms with Crippen LogP contribution in [0.2, 0.25) is 0 Å². The van der Waals surface area contributed by atoms with Crippen molar-refractivity contribution in [3.63, 3.8) is 0 Å². The van der Waals surface area contributed by atoms with Gasteiger partial charge in [0.2, 0.25) is 5.91 Å². The van der Waals surface area contributed by atoms with Gasteiger partial charge >= 0.3 is 0 Å². The van der Waals surface area contributed by atoms with Crippen molar-refractivity contribution >= 4 is 32.6 Å². The van der Waals surface area contributed by atoms with E-state index < -0.39 is 5.41 Å². The fraction of sp³-hybridized carbons (Fsp3) is 0.462. The van der Waals surface area contributed by atoms with Crippen LogP contribution in [0.5, 0.6) is 5.75 Å². The molecule has 7 heteroatoms. The predicted octanol–water partition coefficient (Wildman–Crippen LogP) is 4.39. The number of anilines is 1. The number of fused-ring (bicyclic) bond motifs is 1. The van der Waals surface area contributed by atoms with Crippen LogP contribution in [0, 0.1) is 5.92 Å². The van der Waals surface area contributed by atoms with Gasteiger partial charge in [-0.3, -0.25) is 4.79 Å². The Hall–Kier alpha value is -2.64. The Morgan fingerprint density at radius 2 is 1.88 bits per heavy atom. The van der Waals surface area contributed by atoms with E-state index in [1.165, 1.54) is 4.70 Å². The van der Waals surface area contributed by atoms with E-state index in [0.717, 1.165) is 54.4 Å². The predicted molar refractivity (Wildman–Crippen MR) is 132 cm³/mol. The molecule has 2 aliphatic rings. The van der Waals surface area contributed by atoms with Gasteiger partial charge in [0.1, 0.15) is 5.75 Å². The molecule has 3 aromatic rings. The first-order valence-corrected chi connectivity index (χ1v) is 12.6. The van der Waals surface area contributed by atoms with Gasteiger partial charge in [0.05, 0.1) is 22.7 Å². The van der Waals surface area contributed by atoms with E-state index in [9.17, 15) is 4.79 Å². The fourth-order valence-electron chi connectivity index (χ4n) is 5.01. The molecule has 2 fully saturated rings. The summed E-state index contributed by atoms with van der Waals surface area (Å²) in [6.45, 7) is 3.92. The first-order valence-electron chi connectivity index (χ1n) is 11.8. The molecular formula is C26H31N3O3S. The third-order valence-electron chi connectivity index (χ3n) is 7.14. The van der Waals surface area contributed by atoms with Gasteiger partial charge in [0, 0.05) is 32.8 Å². The Kier molecular flexibility index (Phi) is 6.51. The standard InChI is InChI=1S/C26H31N3O3S/c1-31-21-8-6-20(7-9-21)26(12-16-32-17-13-26)24(30)27-18-19-10-14-29(15-11-19)25-28-22-4-2-3-5-23(22)33-25/h2-9,19H,10-18H2,1H3,(H,27,30). The molecule has 0 radical (unpaired) electrons. The largest absolute Gasteiger partial charge is 0.497 e. The van der Waals surface area contributed by atoms with Gasteiger partial charge in [-0.15, -0.1) is 0 Å². The van der Waals surface area contributed by atoms with E-state index in [-0.39, 0.29) is 5.91 Å². The smallest absolute Gasteiger partial charge is 0.230 e. The molecule has 1 N–H and O–H groups in total. The maximum absolute atomic E-state index is 13.5. The van der Waals surface area contributed by atoms with E-state index in [4.69, 9.17) is 14.5 Å². The summed E-state index contributed by atoms with van der Waals surface area (Å²) in [6, 6.07) is 16.3. The molecule has 0 aliphatic carbocycles. The lowest BCUT2D eigenvalue weighted by atomic mass is 9.73. The van der Waals surface area contributed by atoms with Crippen LogP contribution in [-0.2, 0) is 14.9 Å². The number of hydrogen-bond acceptors (Lipinski definition) is 6. The zero-order chi connectivity index (χ0) is 22.7. The summed E-state index contributed by atoms with van der Waals surface area (Å²) in [5.41, 5.74) is 1.61. The second-order valence-electron chi connectivity index (χ2n) is 9.03. The second-order valence-corrected chi connectivity index (χ2v) is 10.0. The average molecular weight is 466 g/mol. The molecule has 2 aromatic carbocycles. The Balaban J connectivity index is 1.20. The number of nitrogens with one attached hydrogen (secondary N) is 1. The summed E-state index contributed by atoms with van der Waals surface area (Å²) < 4.78 is 12.1. The quantitative estimate of drug-likeness (QED) is 0.585. The number of carbonyl (C=O) groups excluding carboxylic acids is 1. The van der Waals surface area contributed by atoms with Crippen molar-refractivity contribution in [1.82, 2.24) is 10.3 Å². The van der Waals surface area contributed by atoms with Gasteiger partial charge in [-0.2, -0.15) is 0 Å². The molecule has 33 heavy (non-hydrogen) atoms. The van der Waals surface area contributed by atoms with Crippen molar-refractivity contribution in [1.29, 1.82) is 0 Å². The highest BCUT2D eigenvalue weighted by Crippen LogP contribution is 2.36. The summed E-state index contributed by atoms with van der Waals surface area (Å²) >= 11 is 1.77. The summed E-state index contributed by atoms with van der Waals surface area (Å²) in [4.78, 5) is 20.7. The van der Waals surface area contributed by atoms with Gasteiger partial charge in [0.25, 0.3) is 0 Å². The van der Waals surface area contributed by atoms with E-state index in [0.29, 0.717) is 32.0 Å². The third-order valence-corrected chi connectivity index (χ3v) is 8.24. The van der Waals surface area contributed by atoms with Gasteiger partial charge in [-0.1, -0.05) is 35.6 Å². The highest BCUT2D eigenvalue weighted by Gasteiger charge is 2.41. The zero-order valence-corrected chi connectivity index (χ0v) is 19.9. The molecule has 0 saturated carbocycles. The van der Waals surface area contributed by atoms with Crippen LogP contribution in [-0.4, -0.2) is 50.8 Å². The Morgan fingerprint density at radius 3 is 2.58 bits per heavy atom. The minimum absolute atomic E-state index is 0.129. The fourth-order valence-corrected chi connectivity index (χ4v) is 6.02. The number of rotatable bonds is 6. The number of carbonyl (C=O) groups is 1. The monoisotopic (exact) mass is 465 g/mol. The molecule has 1 amide bonds. The van der Waals surface area contributed by atoms with Crippen LogP contribution in [0.25, 0.3) is 10.2 Å². The highest BCUT2D eigenvalue weighted by atomic mass is 32.1. The van der Waals surface area contributed by atoms with Gasteiger partial charge in [-0.05, 0) is 61.4 Å². The Labute approximate surface area is 198 Å². The highest BCUT2D eigenvalue weighted by molar-refractivity contribution is 7.22. The van der Waals surface area contributed by atoms with Gasteiger partial charge in [0.15, 0.2) is 5.13 Å². The van der Waals surface area contributed by atoms with Crippen molar-refractivity contribution in [3.8, 4) is 5.75 Å². The van der Waals surface area contributed by atoms with Crippen LogP contribution in [0.1, 0.15) is 31.2 Å². The number of amides is 1. The molecule has 6 nitrogen and oxygen atoms in total. The first kappa shape index (κ1) is 22.2. The molecule has 0 bridgehead atoms. The zero-order valence-electron chi connectivity index (χ0n) is 19.1. The van der Waals surface area contributed by atoms with Crippen LogP contribution in [0.4, 0.5) is 5.13 Å². The Bertz CT molecular complexity index is 1050.